The minimum atomic E-state index is -1.00. The van der Waals surface area contributed by atoms with E-state index in [9.17, 15) is 9.59 Å². The Bertz CT molecular complexity index is 470. The Hall–Kier alpha value is -1.36. The smallest absolute Gasteiger partial charge is 0.336 e. The number of likely N-dealkylation sites (N-methyl/N-ethyl adjacent to an activating group) is 1. The number of rotatable bonds is 1. The van der Waals surface area contributed by atoms with Crippen LogP contribution in [0, 0.1) is 0 Å². The van der Waals surface area contributed by atoms with Gasteiger partial charge in [-0.2, -0.15) is 0 Å². The van der Waals surface area contributed by atoms with Gasteiger partial charge < -0.3 is 10.0 Å². The van der Waals surface area contributed by atoms with Crippen LogP contribution in [0.1, 0.15) is 15.9 Å². The molecule has 0 radical (unpaired) electrons. The molecule has 78 valence electrons. The first-order valence-electron chi connectivity index (χ1n) is 4.33. The fraction of sp³-hybridized carbons (Fsp3) is 0.200. The SMILES string of the molecule is CN1C(=O)Cc2cc(Br)c(C(=O)O)cc21. The number of nitrogens with zero attached hydrogens (tertiary/aromatic N) is 1. The van der Waals surface area contributed by atoms with Gasteiger partial charge in [-0.1, -0.05) is 0 Å². The molecule has 0 spiro atoms. The van der Waals surface area contributed by atoms with Crippen LogP contribution in [0.2, 0.25) is 0 Å². The van der Waals surface area contributed by atoms with E-state index in [2.05, 4.69) is 15.9 Å². The Labute approximate surface area is 94.6 Å². The highest BCUT2D eigenvalue weighted by molar-refractivity contribution is 9.10. The monoisotopic (exact) mass is 269 g/mol. The van der Waals surface area contributed by atoms with Gasteiger partial charge in [-0.3, -0.25) is 4.79 Å². The lowest BCUT2D eigenvalue weighted by molar-refractivity contribution is -0.117. The zero-order chi connectivity index (χ0) is 11.2. The number of amides is 1. The summed E-state index contributed by atoms with van der Waals surface area (Å²) in [5.41, 5.74) is 1.72. The predicted octanol–water partition coefficient (Wildman–Crippen LogP) is 1.67. The molecule has 1 aliphatic heterocycles. The van der Waals surface area contributed by atoms with Crippen molar-refractivity contribution in [3.05, 3.63) is 27.7 Å². The number of aromatic carboxylic acids is 1. The number of carbonyl (C=O) groups is 2. The van der Waals surface area contributed by atoms with Gasteiger partial charge >= 0.3 is 5.97 Å². The van der Waals surface area contributed by atoms with Gasteiger partial charge in [-0.05, 0) is 33.6 Å². The molecule has 0 aromatic heterocycles. The average Bonchev–Trinajstić information content (AvgIpc) is 2.41. The third-order valence-corrected chi connectivity index (χ3v) is 3.13. The van der Waals surface area contributed by atoms with Crippen molar-refractivity contribution in [1.82, 2.24) is 0 Å². The summed E-state index contributed by atoms with van der Waals surface area (Å²) in [6.45, 7) is 0. The highest BCUT2D eigenvalue weighted by atomic mass is 79.9. The van der Waals surface area contributed by atoms with Crippen LogP contribution in [0.15, 0.2) is 16.6 Å². The van der Waals surface area contributed by atoms with E-state index in [1.165, 1.54) is 11.0 Å². The lowest BCUT2D eigenvalue weighted by atomic mass is 10.1. The highest BCUT2D eigenvalue weighted by Gasteiger charge is 2.26. The Morgan fingerprint density at radius 2 is 2.20 bits per heavy atom. The maximum Gasteiger partial charge on any atom is 0.336 e. The van der Waals surface area contributed by atoms with Gasteiger partial charge in [0.15, 0.2) is 0 Å². The summed E-state index contributed by atoms with van der Waals surface area (Å²) in [5, 5.41) is 8.92. The highest BCUT2D eigenvalue weighted by Crippen LogP contribution is 2.32. The molecule has 15 heavy (non-hydrogen) atoms. The van der Waals surface area contributed by atoms with Crippen LogP contribution < -0.4 is 4.90 Å². The fourth-order valence-corrected chi connectivity index (χ4v) is 2.20. The van der Waals surface area contributed by atoms with Gasteiger partial charge in [0.2, 0.25) is 5.91 Å². The van der Waals surface area contributed by atoms with Crippen molar-refractivity contribution in [2.24, 2.45) is 0 Å². The number of carboxylic acids is 1. The maximum atomic E-state index is 11.4. The predicted molar refractivity (Wildman–Crippen MR) is 58.2 cm³/mol. The molecule has 1 amide bonds. The minimum Gasteiger partial charge on any atom is -0.478 e. The normalized spacial score (nSPS) is 14.3. The van der Waals surface area contributed by atoms with E-state index >= 15 is 0 Å². The average molecular weight is 270 g/mol. The van der Waals surface area contributed by atoms with Gasteiger partial charge in [0.1, 0.15) is 0 Å². The molecule has 0 saturated carbocycles. The third-order valence-electron chi connectivity index (χ3n) is 2.48. The molecule has 0 bridgehead atoms. The molecule has 1 aromatic rings. The maximum absolute atomic E-state index is 11.4. The zero-order valence-corrected chi connectivity index (χ0v) is 9.54. The van der Waals surface area contributed by atoms with Gasteiger partial charge in [-0.25, -0.2) is 4.79 Å². The molecule has 0 atom stereocenters. The van der Waals surface area contributed by atoms with Crippen LogP contribution in [0.3, 0.4) is 0 Å². The molecule has 1 aromatic carbocycles. The van der Waals surface area contributed by atoms with E-state index in [-0.39, 0.29) is 11.5 Å². The number of fused-ring (bicyclic) bond motifs is 1. The van der Waals surface area contributed by atoms with Crippen LogP contribution in [0.25, 0.3) is 0 Å². The minimum absolute atomic E-state index is 0.0144. The number of hydrogen-bond donors (Lipinski definition) is 1. The number of benzene rings is 1. The molecule has 0 unspecified atom stereocenters. The Morgan fingerprint density at radius 1 is 1.53 bits per heavy atom. The van der Waals surface area contributed by atoms with Crippen LogP contribution in [-0.2, 0) is 11.2 Å². The van der Waals surface area contributed by atoms with Crippen LogP contribution in [-0.4, -0.2) is 24.0 Å². The Morgan fingerprint density at radius 3 is 2.80 bits per heavy atom. The fourth-order valence-electron chi connectivity index (χ4n) is 1.64. The standard InChI is InChI=1S/C10H8BrNO3/c1-12-8-4-6(10(14)15)7(11)2-5(8)3-9(12)13/h2,4H,3H2,1H3,(H,14,15). The molecule has 1 heterocycles. The van der Waals surface area contributed by atoms with Crippen molar-refractivity contribution in [3.63, 3.8) is 0 Å². The third kappa shape index (κ3) is 1.52. The van der Waals surface area contributed by atoms with Gasteiger partial charge in [0.25, 0.3) is 0 Å². The van der Waals surface area contributed by atoms with Crippen molar-refractivity contribution in [3.8, 4) is 0 Å². The molecular weight excluding hydrogens is 262 g/mol. The molecular formula is C10H8BrNO3. The van der Waals surface area contributed by atoms with E-state index in [1.807, 2.05) is 0 Å². The van der Waals surface area contributed by atoms with E-state index in [0.29, 0.717) is 16.6 Å². The molecule has 1 N–H and O–H groups in total. The molecule has 2 rings (SSSR count). The second-order valence-electron chi connectivity index (χ2n) is 3.40. The quantitative estimate of drug-likeness (QED) is 0.844. The van der Waals surface area contributed by atoms with E-state index in [0.717, 1.165) is 5.56 Å². The molecule has 1 aliphatic rings. The van der Waals surface area contributed by atoms with Crippen molar-refractivity contribution in [2.75, 3.05) is 11.9 Å². The molecule has 4 nitrogen and oxygen atoms in total. The molecule has 0 aliphatic carbocycles. The summed E-state index contributed by atoms with van der Waals surface area (Å²) in [7, 11) is 1.65. The van der Waals surface area contributed by atoms with Gasteiger partial charge in [-0.15, -0.1) is 0 Å². The lowest BCUT2D eigenvalue weighted by Gasteiger charge is -2.11. The summed E-state index contributed by atoms with van der Waals surface area (Å²) < 4.78 is 0.511. The topological polar surface area (TPSA) is 57.6 Å². The lowest BCUT2D eigenvalue weighted by Crippen LogP contribution is -2.20. The summed E-state index contributed by atoms with van der Waals surface area (Å²) in [5.74, 6) is -1.02. The summed E-state index contributed by atoms with van der Waals surface area (Å²) in [4.78, 5) is 23.7. The van der Waals surface area contributed by atoms with Crippen molar-refractivity contribution < 1.29 is 14.7 Å². The van der Waals surface area contributed by atoms with E-state index in [1.54, 1.807) is 13.1 Å². The number of carbonyl (C=O) groups excluding carboxylic acids is 1. The second kappa shape index (κ2) is 3.34. The first-order valence-corrected chi connectivity index (χ1v) is 5.12. The van der Waals surface area contributed by atoms with Crippen molar-refractivity contribution in [2.45, 2.75) is 6.42 Å². The largest absolute Gasteiger partial charge is 0.478 e. The van der Waals surface area contributed by atoms with E-state index in [4.69, 9.17) is 5.11 Å². The van der Waals surface area contributed by atoms with Crippen LogP contribution in [0.4, 0.5) is 5.69 Å². The van der Waals surface area contributed by atoms with Gasteiger partial charge in [0, 0.05) is 17.2 Å². The van der Waals surface area contributed by atoms with Crippen LogP contribution >= 0.6 is 15.9 Å². The Balaban J connectivity index is 2.60. The zero-order valence-electron chi connectivity index (χ0n) is 7.95. The molecule has 0 fully saturated rings. The number of anilines is 1. The summed E-state index contributed by atoms with van der Waals surface area (Å²) in [6, 6.07) is 3.22. The number of halogens is 1. The molecule has 0 saturated heterocycles. The van der Waals surface area contributed by atoms with Gasteiger partial charge in [0.05, 0.1) is 12.0 Å². The first-order chi connectivity index (χ1) is 7.00. The second-order valence-corrected chi connectivity index (χ2v) is 4.25. The number of hydrogen-bond acceptors (Lipinski definition) is 2. The van der Waals surface area contributed by atoms with Crippen LogP contribution in [0.5, 0.6) is 0 Å². The first kappa shape index (κ1) is 10.2. The Kier molecular flexibility index (Phi) is 2.26. The van der Waals surface area contributed by atoms with E-state index < -0.39 is 5.97 Å². The number of carboxylic acid groups (broad SMARTS) is 1. The van der Waals surface area contributed by atoms with Crippen molar-refractivity contribution >= 4 is 33.5 Å². The summed E-state index contributed by atoms with van der Waals surface area (Å²) in [6.07, 6.45) is 0.338. The summed E-state index contributed by atoms with van der Waals surface area (Å²) >= 11 is 3.18. The van der Waals surface area contributed by atoms with Crippen molar-refractivity contribution in [1.29, 1.82) is 0 Å². The molecule has 5 heteroatoms.